The molecule has 2 heterocycles. The molecule has 8 heteroatoms. The van der Waals surface area contributed by atoms with Gasteiger partial charge in [0.2, 0.25) is 0 Å². The number of aromatic nitrogens is 1. The second-order valence-electron chi connectivity index (χ2n) is 8.32. The van der Waals surface area contributed by atoms with Gasteiger partial charge < -0.3 is 4.90 Å². The van der Waals surface area contributed by atoms with Crippen LogP contribution in [0.4, 0.5) is 18.9 Å². The number of piperazine rings is 1. The fourth-order valence-electron chi connectivity index (χ4n) is 4.20. The number of benzene rings is 2. The van der Waals surface area contributed by atoms with Gasteiger partial charge in [-0.2, -0.15) is 18.2 Å². The second-order valence-corrected chi connectivity index (χ2v) is 9.31. The van der Waals surface area contributed by atoms with E-state index < -0.39 is 11.7 Å². The molecule has 1 aromatic heterocycles. The van der Waals surface area contributed by atoms with Crippen LogP contribution in [0, 0.1) is 0 Å². The Morgan fingerprint density at radius 2 is 1.62 bits per heavy atom. The summed E-state index contributed by atoms with van der Waals surface area (Å²) in [6.45, 7) is 5.06. The molecule has 0 saturated carbocycles. The molecule has 0 bridgehead atoms. The molecule has 0 amide bonds. The van der Waals surface area contributed by atoms with Gasteiger partial charge >= 0.3 is 11.4 Å². The minimum atomic E-state index is -4.26. The normalized spacial score (nSPS) is 15.5. The molecule has 32 heavy (non-hydrogen) atoms. The van der Waals surface area contributed by atoms with Gasteiger partial charge in [0.05, 0.1) is 15.8 Å². The minimum Gasteiger partial charge on any atom is -0.369 e. The molecule has 1 saturated heterocycles. The number of rotatable bonds is 8. The Labute approximate surface area is 190 Å². The number of thiazole rings is 1. The number of alkyl halides is 3. The second kappa shape index (κ2) is 10.1. The third kappa shape index (κ3) is 5.92. The summed E-state index contributed by atoms with van der Waals surface area (Å²) >= 11 is 1.19. The average Bonchev–Trinajstić information content (AvgIpc) is 3.15. The zero-order valence-corrected chi connectivity index (χ0v) is 18.7. The van der Waals surface area contributed by atoms with Crippen LogP contribution in [-0.2, 0) is 17.7 Å². The van der Waals surface area contributed by atoms with Crippen molar-refractivity contribution in [3.05, 3.63) is 53.6 Å². The van der Waals surface area contributed by atoms with Gasteiger partial charge in [-0.15, -0.1) is 0 Å². The zero-order valence-electron chi connectivity index (χ0n) is 17.9. The lowest BCUT2D eigenvalue weighted by Gasteiger charge is -2.36. The van der Waals surface area contributed by atoms with Crippen LogP contribution in [0.1, 0.15) is 36.8 Å². The molecular weight excluding hydrogens is 435 g/mol. The quantitative estimate of drug-likeness (QED) is 0.365. The van der Waals surface area contributed by atoms with E-state index in [-0.39, 0.29) is 5.19 Å². The highest BCUT2D eigenvalue weighted by Gasteiger charge is 2.29. The van der Waals surface area contributed by atoms with Gasteiger partial charge in [-0.25, -0.2) is 0 Å². The van der Waals surface area contributed by atoms with E-state index in [1.807, 2.05) is 12.1 Å². The molecule has 4 rings (SSSR count). The highest BCUT2D eigenvalue weighted by Crippen LogP contribution is 2.31. The molecule has 3 aromatic rings. The largest absolute Gasteiger partial charge is 0.416 e. The summed E-state index contributed by atoms with van der Waals surface area (Å²) in [7, 11) is 0. The number of unbranched alkanes of at least 4 members (excludes halogenated alkanes) is 3. The first-order valence-electron chi connectivity index (χ1n) is 11.1. The van der Waals surface area contributed by atoms with Crippen molar-refractivity contribution in [3.8, 4) is 5.19 Å². The summed E-state index contributed by atoms with van der Waals surface area (Å²) in [5, 5.41) is 11.3. The number of aryl methyl sites for hydroxylation is 1. The van der Waals surface area contributed by atoms with Crippen LogP contribution in [0.25, 0.3) is 10.2 Å². The first-order chi connectivity index (χ1) is 15.4. The molecule has 1 radical (unpaired) electrons. The molecule has 1 fully saturated rings. The van der Waals surface area contributed by atoms with E-state index in [1.54, 1.807) is 12.1 Å². The van der Waals surface area contributed by atoms with Gasteiger partial charge in [-0.1, -0.05) is 36.3 Å². The summed E-state index contributed by atoms with van der Waals surface area (Å²) in [4.78, 5) is 8.90. The van der Waals surface area contributed by atoms with Crippen molar-refractivity contribution < 1.29 is 18.3 Å². The Morgan fingerprint density at radius 3 is 2.34 bits per heavy atom. The first-order valence-corrected chi connectivity index (χ1v) is 11.9. The van der Waals surface area contributed by atoms with Crippen LogP contribution in [0.3, 0.4) is 0 Å². The van der Waals surface area contributed by atoms with Gasteiger partial charge in [0.1, 0.15) is 0 Å². The van der Waals surface area contributed by atoms with Crippen molar-refractivity contribution in [1.29, 1.82) is 0 Å². The van der Waals surface area contributed by atoms with E-state index in [2.05, 4.69) is 20.9 Å². The van der Waals surface area contributed by atoms with Crippen molar-refractivity contribution >= 4 is 27.2 Å². The number of hydrogen-bond acceptors (Lipinski definition) is 4. The third-order valence-corrected chi connectivity index (χ3v) is 6.89. The number of halogens is 3. The molecule has 0 spiro atoms. The number of anilines is 1. The maximum absolute atomic E-state index is 12.6. The number of nitrogens with zero attached hydrogens (tertiary/aromatic N) is 3. The highest BCUT2D eigenvalue weighted by molar-refractivity contribution is 7.20. The molecular formula is C24H27F3N3OS. The van der Waals surface area contributed by atoms with Crippen LogP contribution < -0.4 is 4.90 Å². The topological polar surface area (TPSA) is 39.3 Å². The molecule has 171 valence electrons. The van der Waals surface area contributed by atoms with E-state index in [0.717, 1.165) is 86.3 Å². The van der Waals surface area contributed by atoms with Crippen molar-refractivity contribution in [1.82, 2.24) is 9.88 Å². The van der Waals surface area contributed by atoms with Crippen LogP contribution in [-0.4, -0.2) is 42.6 Å². The average molecular weight is 463 g/mol. The van der Waals surface area contributed by atoms with Crippen molar-refractivity contribution in [2.45, 2.75) is 38.3 Å². The van der Waals surface area contributed by atoms with E-state index in [0.29, 0.717) is 0 Å². The molecule has 4 nitrogen and oxygen atoms in total. The lowest BCUT2D eigenvalue weighted by molar-refractivity contribution is -0.137. The lowest BCUT2D eigenvalue weighted by atomic mass is 10.0. The van der Waals surface area contributed by atoms with Gasteiger partial charge in [-0.05, 0) is 61.7 Å². The fourth-order valence-corrected chi connectivity index (χ4v) is 4.88. The van der Waals surface area contributed by atoms with Crippen molar-refractivity contribution in [2.24, 2.45) is 0 Å². The monoisotopic (exact) mass is 462 g/mol. The van der Waals surface area contributed by atoms with Gasteiger partial charge in [0.25, 0.3) is 0 Å². The van der Waals surface area contributed by atoms with Crippen LogP contribution >= 0.6 is 11.3 Å². The molecule has 1 aliphatic rings. The smallest absolute Gasteiger partial charge is 0.369 e. The summed E-state index contributed by atoms with van der Waals surface area (Å²) in [5.41, 5.74) is 2.31. The van der Waals surface area contributed by atoms with Gasteiger partial charge in [0, 0.05) is 31.9 Å². The molecule has 0 unspecified atom stereocenters. The summed E-state index contributed by atoms with van der Waals surface area (Å²) in [5.74, 6) is 0. The minimum absolute atomic E-state index is 0.138. The first kappa shape index (κ1) is 22.9. The van der Waals surface area contributed by atoms with Crippen LogP contribution in [0.15, 0.2) is 42.5 Å². The Kier molecular flexibility index (Phi) is 7.20. The number of fused-ring (bicyclic) bond motifs is 1. The molecule has 0 N–H and O–H groups in total. The lowest BCUT2D eigenvalue weighted by Crippen LogP contribution is -2.46. The Hall–Kier alpha value is -2.32. The summed E-state index contributed by atoms with van der Waals surface area (Å²) in [6.07, 6.45) is 0.942. The molecule has 0 aliphatic carbocycles. The van der Waals surface area contributed by atoms with Crippen molar-refractivity contribution in [3.63, 3.8) is 0 Å². The van der Waals surface area contributed by atoms with E-state index in [9.17, 15) is 18.3 Å². The van der Waals surface area contributed by atoms with E-state index in [1.165, 1.54) is 23.5 Å². The standard InChI is InChI=1S/C24H27F3N3OS/c25-24(26,27)19-8-6-18(7-9-19)5-3-1-2-4-12-29-13-15-30(16-14-29)20-10-11-22-21(17-20)28-23(31)32-22/h6-11,17H,1-5,12-16H2. The van der Waals surface area contributed by atoms with E-state index in [4.69, 9.17) is 0 Å². The Balaban J connectivity index is 1.11. The van der Waals surface area contributed by atoms with Crippen molar-refractivity contribution in [2.75, 3.05) is 37.6 Å². The van der Waals surface area contributed by atoms with Crippen LogP contribution in [0.2, 0.25) is 0 Å². The summed E-state index contributed by atoms with van der Waals surface area (Å²) in [6, 6.07) is 11.6. The fraction of sp³-hybridized carbons (Fsp3) is 0.458. The van der Waals surface area contributed by atoms with E-state index >= 15 is 0 Å². The predicted molar refractivity (Wildman–Crippen MR) is 122 cm³/mol. The third-order valence-electron chi connectivity index (χ3n) is 6.06. The number of hydrogen-bond donors (Lipinski definition) is 0. The Bertz CT molecular complexity index is 1010. The molecule has 1 aliphatic heterocycles. The maximum Gasteiger partial charge on any atom is 0.416 e. The van der Waals surface area contributed by atoms with Crippen LogP contribution in [0.5, 0.6) is 5.19 Å². The molecule has 0 atom stereocenters. The van der Waals surface area contributed by atoms with Gasteiger partial charge in [-0.3, -0.25) is 10.0 Å². The SMILES string of the molecule is [O]c1nc2cc(N3CCN(CCCCCCc4ccc(C(F)(F)F)cc4)CC3)ccc2s1. The summed E-state index contributed by atoms with van der Waals surface area (Å²) < 4.78 is 38.8. The molecule has 2 aromatic carbocycles. The zero-order chi connectivity index (χ0) is 22.6. The predicted octanol–water partition coefficient (Wildman–Crippen LogP) is 6.38. The maximum atomic E-state index is 12.6. The Morgan fingerprint density at radius 1 is 0.906 bits per heavy atom. The van der Waals surface area contributed by atoms with Gasteiger partial charge in [0.15, 0.2) is 0 Å². The highest BCUT2D eigenvalue weighted by atomic mass is 32.1.